The third-order valence-corrected chi connectivity index (χ3v) is 4.48. The van der Waals surface area contributed by atoms with E-state index in [2.05, 4.69) is 25.9 Å². The zero-order valence-corrected chi connectivity index (χ0v) is 17.3. The molecule has 0 aliphatic heterocycles. The summed E-state index contributed by atoms with van der Waals surface area (Å²) in [5.74, 6) is -0.423. The summed E-state index contributed by atoms with van der Waals surface area (Å²) in [6, 6.07) is 7.59. The lowest BCUT2D eigenvalue weighted by atomic mass is 10.0. The van der Waals surface area contributed by atoms with Gasteiger partial charge in [-0.3, -0.25) is 4.79 Å². The van der Waals surface area contributed by atoms with Gasteiger partial charge in [0.25, 0.3) is 5.91 Å². The van der Waals surface area contributed by atoms with Crippen LogP contribution in [0.5, 0.6) is 0 Å². The normalized spacial score (nSPS) is 11.7. The van der Waals surface area contributed by atoms with E-state index in [1.54, 1.807) is 24.3 Å². The molecule has 0 aliphatic rings. The quantitative estimate of drug-likeness (QED) is 0.294. The maximum absolute atomic E-state index is 13.0. The van der Waals surface area contributed by atoms with E-state index in [9.17, 15) is 31.1 Å². The van der Waals surface area contributed by atoms with E-state index in [-0.39, 0.29) is 29.0 Å². The highest BCUT2D eigenvalue weighted by Crippen LogP contribution is 2.36. The van der Waals surface area contributed by atoms with Crippen molar-refractivity contribution in [3.63, 3.8) is 0 Å². The van der Waals surface area contributed by atoms with Crippen molar-refractivity contribution in [1.29, 1.82) is 0 Å². The monoisotopic (exact) mass is 487 g/mol. The molecule has 1 aromatic heterocycles. The number of benzene rings is 2. The van der Waals surface area contributed by atoms with Crippen molar-refractivity contribution in [1.82, 2.24) is 15.3 Å². The lowest BCUT2D eigenvalue weighted by Gasteiger charge is -2.15. The van der Waals surface area contributed by atoms with Crippen LogP contribution in [0.4, 0.5) is 37.7 Å². The van der Waals surface area contributed by atoms with Crippen molar-refractivity contribution < 1.29 is 31.1 Å². The number of aromatic amines is 1. The second kappa shape index (κ2) is 9.48. The van der Waals surface area contributed by atoms with Gasteiger partial charge in [-0.15, -0.1) is 0 Å². The second-order valence-electron chi connectivity index (χ2n) is 6.71. The fraction of sp³-hybridized carbons (Fsp3) is 0.150. The number of carbonyl (C=O) groups excluding carboxylic acids is 1. The first-order chi connectivity index (χ1) is 15.4. The first-order valence-corrected chi connectivity index (χ1v) is 9.56. The van der Waals surface area contributed by atoms with E-state index in [0.29, 0.717) is 23.5 Å². The molecule has 33 heavy (non-hydrogen) atoms. The molecule has 1 heterocycles. The number of H-pyrrole nitrogens is 1. The molecule has 0 aliphatic carbocycles. The van der Waals surface area contributed by atoms with Crippen molar-refractivity contribution >= 4 is 34.6 Å². The van der Waals surface area contributed by atoms with E-state index >= 15 is 0 Å². The zero-order chi connectivity index (χ0) is 24.2. The molecule has 2 aromatic carbocycles. The summed E-state index contributed by atoms with van der Waals surface area (Å²) >= 11 is 5.06. The number of amides is 1. The van der Waals surface area contributed by atoms with Gasteiger partial charge in [-0.05, 0) is 60.2 Å². The van der Waals surface area contributed by atoms with E-state index in [4.69, 9.17) is 12.2 Å². The van der Waals surface area contributed by atoms with Crippen LogP contribution < -0.4 is 16.0 Å². The molecular formula is C20H15F6N5OS. The Kier molecular flexibility index (Phi) is 6.91. The van der Waals surface area contributed by atoms with Gasteiger partial charge in [0.15, 0.2) is 5.11 Å². The molecule has 0 atom stereocenters. The Hall–Kier alpha value is -3.61. The molecule has 0 radical (unpaired) electrons. The number of carbonyl (C=O) groups is 1. The van der Waals surface area contributed by atoms with Gasteiger partial charge < -0.3 is 20.9 Å². The lowest BCUT2D eigenvalue weighted by molar-refractivity contribution is -0.143. The van der Waals surface area contributed by atoms with Gasteiger partial charge in [0.05, 0.1) is 17.5 Å². The molecule has 3 rings (SSSR count). The Morgan fingerprint density at radius 1 is 0.909 bits per heavy atom. The Morgan fingerprint density at radius 2 is 1.45 bits per heavy atom. The van der Waals surface area contributed by atoms with Crippen molar-refractivity contribution in [2.24, 2.45) is 0 Å². The summed E-state index contributed by atoms with van der Waals surface area (Å²) in [6.07, 6.45) is -7.07. The number of imidazole rings is 1. The van der Waals surface area contributed by atoms with Crippen LogP contribution in [0.2, 0.25) is 0 Å². The molecular weight excluding hydrogens is 472 g/mol. The van der Waals surface area contributed by atoms with Crippen LogP contribution in [0.3, 0.4) is 0 Å². The van der Waals surface area contributed by atoms with E-state index in [1.807, 2.05) is 0 Å². The fourth-order valence-corrected chi connectivity index (χ4v) is 2.89. The van der Waals surface area contributed by atoms with Gasteiger partial charge in [-0.2, -0.15) is 26.3 Å². The number of aromatic nitrogens is 2. The van der Waals surface area contributed by atoms with Crippen LogP contribution in [0.25, 0.3) is 0 Å². The Balaban J connectivity index is 1.60. The molecule has 0 unspecified atom stereocenters. The summed E-state index contributed by atoms with van der Waals surface area (Å²) in [4.78, 5) is 18.4. The summed E-state index contributed by atoms with van der Waals surface area (Å²) in [5.41, 5.74) is -1.90. The highest BCUT2D eigenvalue weighted by atomic mass is 32.1. The molecule has 0 fully saturated rings. The molecule has 4 N–H and O–H groups in total. The molecule has 1 amide bonds. The predicted octanol–water partition coefficient (Wildman–Crippen LogP) is 5.19. The van der Waals surface area contributed by atoms with Gasteiger partial charge in [-0.25, -0.2) is 4.98 Å². The minimum Gasteiger partial charge on any atom is -0.358 e. The number of nitrogens with one attached hydrogen (secondary N) is 4. The first-order valence-electron chi connectivity index (χ1n) is 9.15. The van der Waals surface area contributed by atoms with Crippen LogP contribution in [-0.2, 0) is 18.9 Å². The van der Waals surface area contributed by atoms with Crippen LogP contribution in [-0.4, -0.2) is 21.0 Å². The van der Waals surface area contributed by atoms with Crippen LogP contribution in [0, 0.1) is 0 Å². The number of alkyl halides is 6. The standard InChI is InChI=1S/C20H15F6N5OS/c21-19(22,23)12-5-11(6-13(7-12)20(24,25)26)8-28-18(33)31-15-3-1-14(2-4-15)30-17(32)16-9-27-10-29-16/h1-7,9-10H,8H2,(H,27,29)(H,30,32)(H2,28,31,33). The summed E-state index contributed by atoms with van der Waals surface area (Å²) < 4.78 is 77.7. The summed E-state index contributed by atoms with van der Waals surface area (Å²) in [6.45, 7) is -0.364. The first kappa shape index (κ1) is 24.0. The maximum Gasteiger partial charge on any atom is 0.416 e. The number of rotatable bonds is 5. The van der Waals surface area contributed by atoms with Gasteiger partial charge in [0.2, 0.25) is 0 Å². The topological polar surface area (TPSA) is 81.8 Å². The predicted molar refractivity (Wildman–Crippen MR) is 112 cm³/mol. The molecule has 174 valence electrons. The van der Waals surface area contributed by atoms with E-state index < -0.39 is 29.4 Å². The highest BCUT2D eigenvalue weighted by molar-refractivity contribution is 7.80. The van der Waals surface area contributed by atoms with Gasteiger partial charge in [0.1, 0.15) is 5.69 Å². The molecule has 6 nitrogen and oxygen atoms in total. The van der Waals surface area contributed by atoms with Crippen LogP contribution >= 0.6 is 12.2 Å². The number of hydrogen-bond donors (Lipinski definition) is 4. The average molecular weight is 487 g/mol. The fourth-order valence-electron chi connectivity index (χ4n) is 2.70. The minimum absolute atomic E-state index is 0.0192. The van der Waals surface area contributed by atoms with Gasteiger partial charge in [-0.1, -0.05) is 0 Å². The third-order valence-electron chi connectivity index (χ3n) is 4.23. The van der Waals surface area contributed by atoms with Crippen molar-refractivity contribution in [3.05, 3.63) is 77.4 Å². The van der Waals surface area contributed by atoms with E-state index in [1.165, 1.54) is 12.5 Å². The van der Waals surface area contributed by atoms with Crippen molar-refractivity contribution in [3.8, 4) is 0 Å². The Morgan fingerprint density at radius 3 is 1.94 bits per heavy atom. The van der Waals surface area contributed by atoms with Crippen molar-refractivity contribution in [2.45, 2.75) is 18.9 Å². The largest absolute Gasteiger partial charge is 0.416 e. The third kappa shape index (κ3) is 6.68. The van der Waals surface area contributed by atoms with Gasteiger partial charge >= 0.3 is 12.4 Å². The minimum atomic E-state index is -4.93. The zero-order valence-electron chi connectivity index (χ0n) is 16.4. The van der Waals surface area contributed by atoms with Crippen LogP contribution in [0.1, 0.15) is 27.2 Å². The summed E-state index contributed by atoms with van der Waals surface area (Å²) in [7, 11) is 0. The molecule has 3 aromatic rings. The molecule has 0 bridgehead atoms. The van der Waals surface area contributed by atoms with E-state index in [0.717, 1.165) is 0 Å². The second-order valence-corrected chi connectivity index (χ2v) is 7.12. The number of nitrogens with zero attached hydrogens (tertiary/aromatic N) is 1. The maximum atomic E-state index is 13.0. The highest BCUT2D eigenvalue weighted by Gasteiger charge is 2.36. The number of hydrogen-bond acceptors (Lipinski definition) is 3. The van der Waals surface area contributed by atoms with Crippen LogP contribution in [0.15, 0.2) is 55.0 Å². The molecule has 0 saturated heterocycles. The Bertz CT molecular complexity index is 1100. The smallest absolute Gasteiger partial charge is 0.358 e. The molecule has 13 heteroatoms. The number of halogens is 6. The number of anilines is 2. The van der Waals surface area contributed by atoms with Gasteiger partial charge in [0, 0.05) is 24.1 Å². The summed E-state index contributed by atoms with van der Waals surface area (Å²) in [5, 5.41) is 7.94. The SMILES string of the molecule is O=C(Nc1ccc(NC(=S)NCc2cc(C(F)(F)F)cc(C(F)(F)F)c2)cc1)c1c[nH]cn1. The Labute approximate surface area is 188 Å². The lowest BCUT2D eigenvalue weighted by Crippen LogP contribution is -2.28. The average Bonchev–Trinajstić information content (AvgIpc) is 3.27. The number of thiocarbonyl (C=S) groups is 1. The van der Waals surface area contributed by atoms with Crippen molar-refractivity contribution in [2.75, 3.05) is 10.6 Å². The molecule has 0 spiro atoms. The molecule has 0 saturated carbocycles.